The van der Waals surface area contributed by atoms with Gasteiger partial charge in [-0.05, 0) is 114 Å². The molecule has 53 heavy (non-hydrogen) atoms. The highest BCUT2D eigenvalue weighted by Crippen LogP contribution is 2.56. The minimum atomic E-state index is -0.239. The van der Waals surface area contributed by atoms with E-state index in [1.165, 1.54) is 94.6 Å². The van der Waals surface area contributed by atoms with Gasteiger partial charge in [0.05, 0.1) is 11.4 Å². The molecule has 0 N–H and O–H groups in total. The zero-order chi connectivity index (χ0) is 35.9. The lowest BCUT2D eigenvalue weighted by molar-refractivity contribution is 0.632. The standard InChI is InChI=1S/C52H41N/c1-51(2)44-28-23-38-17-11-12-18-42(38)50(44)43-27-26-41(33-45(43)51)53-48-29-24-39(35-15-9-6-10-16-35)31-46(48)52(3,4)47-32-40(25-30-49(47)53)37-21-19-36(20-22-37)34-13-7-5-8-14-34/h5-33H,1-4H3. The Kier molecular flexibility index (Phi) is 6.94. The van der Waals surface area contributed by atoms with E-state index >= 15 is 0 Å². The summed E-state index contributed by atoms with van der Waals surface area (Å²) >= 11 is 0. The van der Waals surface area contributed by atoms with Gasteiger partial charge in [-0.2, -0.15) is 0 Å². The Bertz CT molecular complexity index is 2700. The first-order valence-electron chi connectivity index (χ1n) is 18.8. The van der Waals surface area contributed by atoms with Gasteiger partial charge in [0.2, 0.25) is 0 Å². The lowest BCUT2D eigenvalue weighted by Crippen LogP contribution is -2.31. The molecular formula is C52H41N. The van der Waals surface area contributed by atoms with Crippen LogP contribution in [0.1, 0.15) is 49.9 Å². The summed E-state index contributed by atoms with van der Waals surface area (Å²) in [7, 11) is 0. The Morgan fingerprint density at radius 3 is 1.47 bits per heavy atom. The molecular weight excluding hydrogens is 639 g/mol. The van der Waals surface area contributed by atoms with Crippen LogP contribution in [-0.4, -0.2) is 0 Å². The highest BCUT2D eigenvalue weighted by atomic mass is 15.2. The number of rotatable bonds is 4. The van der Waals surface area contributed by atoms with Gasteiger partial charge in [-0.3, -0.25) is 0 Å². The molecule has 8 aromatic carbocycles. The van der Waals surface area contributed by atoms with Crippen molar-refractivity contribution in [3.8, 4) is 44.5 Å². The van der Waals surface area contributed by atoms with Crippen LogP contribution in [0.15, 0.2) is 176 Å². The molecule has 0 spiro atoms. The molecule has 0 atom stereocenters. The number of benzene rings is 8. The maximum atomic E-state index is 2.52. The second-order valence-corrected chi connectivity index (χ2v) is 15.8. The van der Waals surface area contributed by atoms with E-state index in [-0.39, 0.29) is 10.8 Å². The lowest BCUT2D eigenvalue weighted by Gasteiger charge is -2.43. The van der Waals surface area contributed by atoms with E-state index in [0.717, 1.165) is 0 Å². The van der Waals surface area contributed by atoms with Gasteiger partial charge in [-0.1, -0.05) is 167 Å². The third-order valence-corrected chi connectivity index (χ3v) is 12.1. The van der Waals surface area contributed by atoms with Gasteiger partial charge in [0, 0.05) is 16.5 Å². The van der Waals surface area contributed by atoms with Gasteiger partial charge < -0.3 is 4.90 Å². The van der Waals surface area contributed by atoms with E-state index in [1.807, 2.05) is 0 Å². The predicted octanol–water partition coefficient (Wildman–Crippen LogP) is 14.3. The summed E-state index contributed by atoms with van der Waals surface area (Å²) in [5.74, 6) is 0. The Hall–Kier alpha value is -6.18. The lowest BCUT2D eigenvalue weighted by atomic mass is 9.72. The SMILES string of the molecule is CC1(C)c2cc(-c3ccccc3)ccc2N(c2ccc3c(c2)C(C)(C)c2ccc4ccccc4c2-3)c2ccc(-c3ccc(-c4ccccc4)cc3)cc21. The molecule has 0 unspecified atom stereocenters. The van der Waals surface area contributed by atoms with Crippen LogP contribution in [0.3, 0.4) is 0 Å². The fourth-order valence-electron chi connectivity index (χ4n) is 9.13. The van der Waals surface area contributed by atoms with Gasteiger partial charge in [0.1, 0.15) is 0 Å². The molecule has 1 heteroatoms. The number of anilines is 3. The van der Waals surface area contributed by atoms with Crippen molar-refractivity contribution >= 4 is 27.8 Å². The normalized spacial score (nSPS) is 14.7. The highest BCUT2D eigenvalue weighted by Gasteiger charge is 2.40. The molecule has 10 rings (SSSR count). The summed E-state index contributed by atoms with van der Waals surface area (Å²) in [6.45, 7) is 9.57. The van der Waals surface area contributed by atoms with Gasteiger partial charge in [0.25, 0.3) is 0 Å². The van der Waals surface area contributed by atoms with Gasteiger partial charge in [0.15, 0.2) is 0 Å². The van der Waals surface area contributed by atoms with Crippen molar-refractivity contribution in [3.05, 3.63) is 198 Å². The minimum absolute atomic E-state index is 0.127. The Morgan fingerprint density at radius 1 is 0.358 bits per heavy atom. The molecule has 0 radical (unpaired) electrons. The molecule has 0 bridgehead atoms. The van der Waals surface area contributed by atoms with Crippen molar-refractivity contribution in [1.29, 1.82) is 0 Å². The number of hydrogen-bond donors (Lipinski definition) is 0. The predicted molar refractivity (Wildman–Crippen MR) is 225 cm³/mol. The Balaban J connectivity index is 1.15. The molecule has 1 aliphatic heterocycles. The molecule has 254 valence electrons. The Labute approximate surface area is 312 Å². The molecule has 8 aromatic rings. The van der Waals surface area contributed by atoms with Crippen LogP contribution < -0.4 is 4.90 Å². The van der Waals surface area contributed by atoms with E-state index in [0.29, 0.717) is 0 Å². The third kappa shape index (κ3) is 4.84. The first kappa shape index (κ1) is 31.5. The molecule has 1 heterocycles. The monoisotopic (exact) mass is 679 g/mol. The van der Waals surface area contributed by atoms with Crippen LogP contribution in [-0.2, 0) is 10.8 Å². The van der Waals surface area contributed by atoms with Crippen LogP contribution in [0.5, 0.6) is 0 Å². The average molecular weight is 680 g/mol. The molecule has 0 saturated heterocycles. The maximum absolute atomic E-state index is 2.52. The van der Waals surface area contributed by atoms with E-state index in [1.54, 1.807) is 0 Å². The fraction of sp³-hybridized carbons (Fsp3) is 0.115. The summed E-state index contributed by atoms with van der Waals surface area (Å²) in [6, 6.07) is 65.3. The smallest absolute Gasteiger partial charge is 0.0503 e. The molecule has 0 saturated carbocycles. The molecule has 2 aliphatic rings. The first-order chi connectivity index (χ1) is 25.8. The van der Waals surface area contributed by atoms with E-state index in [4.69, 9.17) is 0 Å². The van der Waals surface area contributed by atoms with Crippen LogP contribution >= 0.6 is 0 Å². The summed E-state index contributed by atoms with van der Waals surface area (Å²) in [6.07, 6.45) is 0. The molecule has 1 nitrogen and oxygen atoms in total. The zero-order valence-corrected chi connectivity index (χ0v) is 30.7. The number of nitrogens with zero attached hydrogens (tertiary/aromatic N) is 1. The summed E-state index contributed by atoms with van der Waals surface area (Å²) < 4.78 is 0. The highest BCUT2D eigenvalue weighted by molar-refractivity contribution is 6.03. The van der Waals surface area contributed by atoms with Gasteiger partial charge in [-0.25, -0.2) is 0 Å². The topological polar surface area (TPSA) is 3.24 Å². The third-order valence-electron chi connectivity index (χ3n) is 12.1. The van der Waals surface area contributed by atoms with Crippen molar-refractivity contribution in [2.24, 2.45) is 0 Å². The van der Waals surface area contributed by atoms with Crippen molar-refractivity contribution in [2.45, 2.75) is 38.5 Å². The van der Waals surface area contributed by atoms with E-state index in [9.17, 15) is 0 Å². The second-order valence-electron chi connectivity index (χ2n) is 15.8. The van der Waals surface area contributed by atoms with Gasteiger partial charge in [-0.15, -0.1) is 0 Å². The Morgan fingerprint density at radius 2 is 0.849 bits per heavy atom. The largest absolute Gasteiger partial charge is 0.310 e. The van der Waals surface area contributed by atoms with Crippen LogP contribution in [0.4, 0.5) is 17.1 Å². The van der Waals surface area contributed by atoms with E-state index in [2.05, 4.69) is 209 Å². The minimum Gasteiger partial charge on any atom is -0.310 e. The fourth-order valence-corrected chi connectivity index (χ4v) is 9.13. The van der Waals surface area contributed by atoms with Gasteiger partial charge >= 0.3 is 0 Å². The maximum Gasteiger partial charge on any atom is 0.0503 e. The van der Waals surface area contributed by atoms with Crippen LogP contribution in [0.2, 0.25) is 0 Å². The van der Waals surface area contributed by atoms with E-state index < -0.39 is 0 Å². The molecule has 0 aromatic heterocycles. The van der Waals surface area contributed by atoms with Crippen molar-refractivity contribution in [2.75, 3.05) is 4.90 Å². The number of fused-ring (bicyclic) bond motifs is 7. The van der Waals surface area contributed by atoms with Crippen molar-refractivity contribution in [1.82, 2.24) is 0 Å². The molecule has 0 fully saturated rings. The second kappa shape index (κ2) is 11.7. The number of hydrogen-bond acceptors (Lipinski definition) is 1. The quantitative estimate of drug-likeness (QED) is 0.179. The molecule has 1 aliphatic carbocycles. The van der Waals surface area contributed by atoms with Crippen molar-refractivity contribution in [3.63, 3.8) is 0 Å². The molecule has 0 amide bonds. The summed E-state index contributed by atoms with van der Waals surface area (Å²) in [4.78, 5) is 2.52. The van der Waals surface area contributed by atoms with Crippen LogP contribution in [0.25, 0.3) is 55.3 Å². The summed E-state index contributed by atoms with van der Waals surface area (Å²) in [5.41, 5.74) is 18.9. The first-order valence-corrected chi connectivity index (χ1v) is 18.8. The summed E-state index contributed by atoms with van der Waals surface area (Å²) in [5, 5.41) is 2.62. The van der Waals surface area contributed by atoms with Crippen LogP contribution in [0, 0.1) is 0 Å². The van der Waals surface area contributed by atoms with Crippen molar-refractivity contribution < 1.29 is 0 Å². The average Bonchev–Trinajstić information content (AvgIpc) is 3.44. The zero-order valence-electron chi connectivity index (χ0n) is 30.7.